The van der Waals surface area contributed by atoms with Crippen molar-refractivity contribution in [2.75, 3.05) is 13.9 Å². The minimum atomic E-state index is -0.824. The molecule has 7 nitrogen and oxygen atoms in total. The molecule has 1 atom stereocenters. The van der Waals surface area contributed by atoms with Crippen molar-refractivity contribution in [3.05, 3.63) is 63.3 Å². The van der Waals surface area contributed by atoms with Crippen molar-refractivity contribution in [1.82, 2.24) is 0 Å². The van der Waals surface area contributed by atoms with Crippen LogP contribution in [0.3, 0.4) is 0 Å². The van der Waals surface area contributed by atoms with Crippen LogP contribution in [-0.4, -0.2) is 18.8 Å². The second-order valence-electron chi connectivity index (χ2n) is 5.34. The highest BCUT2D eigenvalue weighted by atomic mass is 16.7. The molecule has 2 aromatic rings. The van der Waals surface area contributed by atoms with Gasteiger partial charge in [-0.2, -0.15) is 0 Å². The first-order valence-corrected chi connectivity index (χ1v) is 7.26. The number of methoxy groups -OCH3 is 1. The lowest BCUT2D eigenvalue weighted by Crippen LogP contribution is -2.19. The van der Waals surface area contributed by atoms with Crippen LogP contribution in [0.1, 0.15) is 17.2 Å². The summed E-state index contributed by atoms with van der Waals surface area (Å²) < 4.78 is 21.7. The van der Waals surface area contributed by atoms with Gasteiger partial charge in [0.1, 0.15) is 11.5 Å². The lowest BCUT2D eigenvalue weighted by molar-refractivity contribution is -0.434. The fraction of sp³-hybridized carbons (Fsp3) is 0.176. The van der Waals surface area contributed by atoms with Gasteiger partial charge in [0.05, 0.1) is 12.0 Å². The van der Waals surface area contributed by atoms with Gasteiger partial charge in [0, 0.05) is 17.2 Å². The molecule has 7 heteroatoms. The smallest absolute Gasteiger partial charge is 0.291 e. The molecule has 0 bridgehead atoms. The topological polar surface area (TPSA) is 80.1 Å². The van der Waals surface area contributed by atoms with E-state index in [0.717, 1.165) is 0 Å². The molecule has 2 aromatic carbocycles. The van der Waals surface area contributed by atoms with E-state index in [2.05, 4.69) is 0 Å². The van der Waals surface area contributed by atoms with Gasteiger partial charge < -0.3 is 18.9 Å². The molecule has 0 fully saturated rings. The van der Waals surface area contributed by atoms with E-state index in [0.29, 0.717) is 34.1 Å². The normalized spacial score (nSPS) is 17.5. The van der Waals surface area contributed by atoms with Crippen molar-refractivity contribution in [1.29, 1.82) is 0 Å². The van der Waals surface area contributed by atoms with Crippen LogP contribution in [0.2, 0.25) is 0 Å². The molecule has 122 valence electrons. The van der Waals surface area contributed by atoms with Gasteiger partial charge in [-0.15, -0.1) is 0 Å². The predicted octanol–water partition coefficient (Wildman–Crippen LogP) is 3.18. The average Bonchev–Trinajstić information content (AvgIpc) is 3.07. The number of ether oxygens (including phenoxy) is 4. The summed E-state index contributed by atoms with van der Waals surface area (Å²) in [5, 5.41) is 11.5. The van der Waals surface area contributed by atoms with Crippen LogP contribution in [0.5, 0.6) is 23.0 Å². The molecule has 0 aliphatic carbocycles. The Morgan fingerprint density at radius 1 is 1.12 bits per heavy atom. The molecule has 0 spiro atoms. The summed E-state index contributed by atoms with van der Waals surface area (Å²) in [6.07, 6.45) is 0.687. The van der Waals surface area contributed by atoms with E-state index in [1.807, 2.05) is 0 Å². The highest BCUT2D eigenvalue weighted by molar-refractivity contribution is 5.64. The van der Waals surface area contributed by atoms with Crippen LogP contribution < -0.4 is 18.9 Å². The van der Waals surface area contributed by atoms with Gasteiger partial charge in [0.15, 0.2) is 11.5 Å². The molecule has 0 N–H and O–H groups in total. The van der Waals surface area contributed by atoms with E-state index in [1.54, 1.807) is 43.5 Å². The van der Waals surface area contributed by atoms with Crippen molar-refractivity contribution in [3.8, 4) is 23.0 Å². The first-order valence-electron chi connectivity index (χ1n) is 7.26. The number of hydrogen-bond donors (Lipinski definition) is 0. The van der Waals surface area contributed by atoms with Gasteiger partial charge in [0.25, 0.3) is 5.70 Å². The zero-order valence-electron chi connectivity index (χ0n) is 12.7. The molecule has 2 aliphatic rings. The molecule has 2 aliphatic heterocycles. The molecule has 4 rings (SSSR count). The first-order chi connectivity index (χ1) is 11.7. The molecule has 2 heterocycles. The summed E-state index contributed by atoms with van der Waals surface area (Å²) in [6.45, 7) is 0.144. The molecule has 0 aromatic heterocycles. The monoisotopic (exact) mass is 327 g/mol. The summed E-state index contributed by atoms with van der Waals surface area (Å²) in [4.78, 5) is 11.1. The minimum Gasteiger partial charge on any atom is -0.497 e. The van der Waals surface area contributed by atoms with E-state index in [9.17, 15) is 10.1 Å². The molecule has 0 radical (unpaired) electrons. The fourth-order valence-electron chi connectivity index (χ4n) is 2.76. The summed E-state index contributed by atoms with van der Waals surface area (Å²) in [6, 6.07) is 10.4. The van der Waals surface area contributed by atoms with E-state index >= 15 is 0 Å². The Morgan fingerprint density at radius 3 is 2.71 bits per heavy atom. The van der Waals surface area contributed by atoms with Gasteiger partial charge >= 0.3 is 0 Å². The highest BCUT2D eigenvalue weighted by Crippen LogP contribution is 2.42. The SMILES string of the molecule is COc1ccc2c(c1)C=C([N+](=O)[O-])C(c1ccc3c(c1)OCO3)O2. The lowest BCUT2D eigenvalue weighted by atomic mass is 10.0. The second-order valence-corrected chi connectivity index (χ2v) is 5.34. The van der Waals surface area contributed by atoms with Gasteiger partial charge in [-0.1, -0.05) is 6.07 Å². The standard InChI is InChI=1S/C17H13NO6/c1-21-12-3-5-14-11(6-12)7-13(18(19)20)17(24-14)10-2-4-15-16(8-10)23-9-22-15/h2-8,17H,9H2,1H3. The van der Waals surface area contributed by atoms with Gasteiger partial charge in [0.2, 0.25) is 12.9 Å². The Hall–Kier alpha value is -3.22. The Balaban J connectivity index is 1.77. The number of fused-ring (bicyclic) bond motifs is 2. The molecule has 0 saturated carbocycles. The molecule has 0 amide bonds. The van der Waals surface area contributed by atoms with E-state index in [1.165, 1.54) is 6.08 Å². The van der Waals surface area contributed by atoms with E-state index < -0.39 is 11.0 Å². The fourth-order valence-corrected chi connectivity index (χ4v) is 2.76. The number of nitro groups is 1. The van der Waals surface area contributed by atoms with Crippen LogP contribution in [0, 0.1) is 10.1 Å². The zero-order valence-corrected chi connectivity index (χ0v) is 12.7. The van der Waals surface area contributed by atoms with Crippen LogP contribution in [0.25, 0.3) is 6.08 Å². The lowest BCUT2D eigenvalue weighted by Gasteiger charge is -2.23. The summed E-state index contributed by atoms with van der Waals surface area (Å²) >= 11 is 0. The van der Waals surface area contributed by atoms with Crippen LogP contribution >= 0.6 is 0 Å². The van der Waals surface area contributed by atoms with Crippen molar-refractivity contribution in [2.45, 2.75) is 6.10 Å². The highest BCUT2D eigenvalue weighted by Gasteiger charge is 2.34. The summed E-state index contributed by atoms with van der Waals surface area (Å²) in [5.41, 5.74) is 1.19. The maximum atomic E-state index is 11.5. The van der Waals surface area contributed by atoms with Crippen LogP contribution in [0.15, 0.2) is 42.1 Å². The predicted molar refractivity (Wildman–Crippen MR) is 83.9 cm³/mol. The summed E-state index contributed by atoms with van der Waals surface area (Å²) in [5.74, 6) is 2.34. The second kappa shape index (κ2) is 5.45. The van der Waals surface area contributed by atoms with E-state index in [-0.39, 0.29) is 12.5 Å². The maximum absolute atomic E-state index is 11.5. The van der Waals surface area contributed by atoms with Crippen molar-refractivity contribution >= 4 is 6.08 Å². The maximum Gasteiger partial charge on any atom is 0.291 e. The largest absolute Gasteiger partial charge is 0.497 e. The van der Waals surface area contributed by atoms with Gasteiger partial charge in [-0.05, 0) is 30.3 Å². The van der Waals surface area contributed by atoms with Crippen molar-refractivity contribution in [3.63, 3.8) is 0 Å². The minimum absolute atomic E-state index is 0.0466. The Labute approximate surface area is 137 Å². The van der Waals surface area contributed by atoms with Crippen molar-refractivity contribution in [2.24, 2.45) is 0 Å². The van der Waals surface area contributed by atoms with Crippen LogP contribution in [0.4, 0.5) is 0 Å². The first kappa shape index (κ1) is 14.4. The van der Waals surface area contributed by atoms with Crippen LogP contribution in [-0.2, 0) is 0 Å². The van der Waals surface area contributed by atoms with E-state index in [4.69, 9.17) is 18.9 Å². The molecule has 24 heavy (non-hydrogen) atoms. The van der Waals surface area contributed by atoms with Gasteiger partial charge in [-0.3, -0.25) is 10.1 Å². The molecular weight excluding hydrogens is 314 g/mol. The average molecular weight is 327 g/mol. The number of hydrogen-bond acceptors (Lipinski definition) is 6. The summed E-state index contributed by atoms with van der Waals surface area (Å²) in [7, 11) is 1.54. The number of rotatable bonds is 3. The van der Waals surface area contributed by atoms with Crippen molar-refractivity contribution < 1.29 is 23.9 Å². The number of nitrogens with zero attached hydrogens (tertiary/aromatic N) is 1. The van der Waals surface area contributed by atoms with Gasteiger partial charge in [-0.25, -0.2) is 0 Å². The third-order valence-corrected chi connectivity index (χ3v) is 3.94. The number of benzene rings is 2. The molecular formula is C17H13NO6. The quantitative estimate of drug-likeness (QED) is 0.636. The third kappa shape index (κ3) is 2.30. The molecule has 0 saturated heterocycles. The molecule has 1 unspecified atom stereocenters. The third-order valence-electron chi connectivity index (χ3n) is 3.94. The Bertz CT molecular complexity index is 860. The zero-order chi connectivity index (χ0) is 16.7. The Morgan fingerprint density at radius 2 is 1.92 bits per heavy atom. The Kier molecular flexibility index (Phi) is 3.26.